The van der Waals surface area contributed by atoms with Crippen LogP contribution in [0.1, 0.15) is 21.6 Å². The number of nitrogens with one attached hydrogen (secondary N) is 1. The number of nitrogens with zero attached hydrogens (tertiary/aromatic N) is 3. The minimum Gasteiger partial charge on any atom is -0.486 e. The van der Waals surface area contributed by atoms with Gasteiger partial charge in [-0.15, -0.1) is 0 Å². The van der Waals surface area contributed by atoms with Crippen LogP contribution in [-0.2, 0) is 6.42 Å². The molecule has 1 aliphatic rings. The van der Waals surface area contributed by atoms with Crippen molar-refractivity contribution in [1.29, 1.82) is 0 Å². The first-order valence-electron chi connectivity index (χ1n) is 8.55. The summed E-state index contributed by atoms with van der Waals surface area (Å²) in [6.45, 7) is 2.27. The van der Waals surface area contributed by atoms with Crippen LogP contribution in [0.4, 0.5) is 0 Å². The zero-order chi connectivity index (χ0) is 18.8. The van der Waals surface area contributed by atoms with Crippen molar-refractivity contribution < 1.29 is 9.53 Å². The van der Waals surface area contributed by atoms with Crippen LogP contribution in [0.15, 0.2) is 49.2 Å². The minimum atomic E-state index is -0.171. The number of carbonyl (C=O) groups is 1. The molecule has 6 nitrogen and oxygen atoms in total. The van der Waals surface area contributed by atoms with E-state index in [1.807, 2.05) is 25.1 Å². The summed E-state index contributed by atoms with van der Waals surface area (Å²) in [6.07, 6.45) is 7.05. The van der Waals surface area contributed by atoms with Crippen molar-refractivity contribution in [3.05, 3.63) is 71.0 Å². The molecule has 7 heteroatoms. The van der Waals surface area contributed by atoms with E-state index in [1.54, 1.807) is 24.7 Å². The van der Waals surface area contributed by atoms with E-state index < -0.39 is 0 Å². The summed E-state index contributed by atoms with van der Waals surface area (Å²) < 4.78 is 5.94. The maximum atomic E-state index is 12.2. The van der Waals surface area contributed by atoms with Crippen molar-refractivity contribution >= 4 is 17.5 Å². The fourth-order valence-corrected chi connectivity index (χ4v) is 3.31. The predicted molar refractivity (Wildman–Crippen MR) is 102 cm³/mol. The zero-order valence-electron chi connectivity index (χ0n) is 14.6. The molecular formula is C20H17ClN4O2. The number of halogens is 1. The van der Waals surface area contributed by atoms with Gasteiger partial charge in [0.1, 0.15) is 18.2 Å². The summed E-state index contributed by atoms with van der Waals surface area (Å²) in [5.74, 6) is 0.504. The van der Waals surface area contributed by atoms with E-state index in [4.69, 9.17) is 16.3 Å². The maximum Gasteiger partial charge on any atom is 0.252 e. The minimum absolute atomic E-state index is 0.165. The summed E-state index contributed by atoms with van der Waals surface area (Å²) >= 11 is 6.40. The van der Waals surface area contributed by atoms with Gasteiger partial charge in [-0.3, -0.25) is 9.78 Å². The van der Waals surface area contributed by atoms with Gasteiger partial charge in [0.05, 0.1) is 17.1 Å². The van der Waals surface area contributed by atoms with E-state index in [9.17, 15) is 4.79 Å². The van der Waals surface area contributed by atoms with Gasteiger partial charge in [-0.25, -0.2) is 9.97 Å². The lowest BCUT2D eigenvalue weighted by Crippen LogP contribution is -2.34. The first kappa shape index (κ1) is 17.4. The van der Waals surface area contributed by atoms with E-state index >= 15 is 0 Å². The van der Waals surface area contributed by atoms with Crippen molar-refractivity contribution in [2.75, 3.05) is 6.54 Å². The molecule has 3 heterocycles. The maximum absolute atomic E-state index is 12.2. The molecular weight excluding hydrogens is 364 g/mol. The quantitative estimate of drug-likeness (QED) is 0.751. The number of ether oxygens (including phenoxy) is 1. The molecule has 1 amide bonds. The Morgan fingerprint density at radius 1 is 1.22 bits per heavy atom. The molecule has 0 saturated carbocycles. The number of rotatable bonds is 4. The summed E-state index contributed by atoms with van der Waals surface area (Å²) in [6, 6.07) is 7.45. The molecule has 0 spiro atoms. The van der Waals surface area contributed by atoms with Crippen molar-refractivity contribution in [2.24, 2.45) is 0 Å². The topological polar surface area (TPSA) is 77.0 Å². The van der Waals surface area contributed by atoms with Gasteiger partial charge in [0.2, 0.25) is 0 Å². The Morgan fingerprint density at radius 2 is 2.04 bits per heavy atom. The number of pyridine rings is 1. The lowest BCUT2D eigenvalue weighted by Gasteiger charge is -2.12. The summed E-state index contributed by atoms with van der Waals surface area (Å²) in [5.41, 5.74) is 4.25. The predicted octanol–water partition coefficient (Wildman–Crippen LogP) is 3.23. The molecule has 136 valence electrons. The van der Waals surface area contributed by atoms with Crippen molar-refractivity contribution in [2.45, 2.75) is 19.4 Å². The number of fused-ring (bicyclic) bond motifs is 1. The van der Waals surface area contributed by atoms with Gasteiger partial charge >= 0.3 is 0 Å². The molecule has 3 aromatic rings. The number of aromatic nitrogens is 3. The third kappa shape index (κ3) is 3.75. The highest BCUT2D eigenvalue weighted by Crippen LogP contribution is 2.39. The third-order valence-corrected chi connectivity index (χ3v) is 4.69. The Bertz CT molecular complexity index is 977. The van der Waals surface area contributed by atoms with Crippen molar-refractivity contribution in [3.63, 3.8) is 0 Å². The average molecular weight is 381 g/mol. The normalized spacial score (nSPS) is 15.1. The zero-order valence-corrected chi connectivity index (χ0v) is 15.4. The van der Waals surface area contributed by atoms with Gasteiger partial charge in [-0.1, -0.05) is 11.6 Å². The van der Waals surface area contributed by atoms with Crippen LogP contribution in [0, 0.1) is 6.92 Å². The van der Waals surface area contributed by atoms with Gasteiger partial charge in [0, 0.05) is 41.8 Å². The largest absolute Gasteiger partial charge is 0.486 e. The number of hydrogen-bond acceptors (Lipinski definition) is 5. The van der Waals surface area contributed by atoms with Crippen LogP contribution in [0.2, 0.25) is 5.02 Å². The van der Waals surface area contributed by atoms with Crippen LogP contribution in [0.5, 0.6) is 5.75 Å². The fourth-order valence-electron chi connectivity index (χ4n) is 3.03. The van der Waals surface area contributed by atoms with E-state index in [1.165, 1.54) is 6.33 Å². The second kappa shape index (κ2) is 7.32. The molecule has 0 aliphatic carbocycles. The molecule has 1 N–H and O–H groups in total. The Morgan fingerprint density at radius 3 is 2.78 bits per heavy atom. The van der Waals surface area contributed by atoms with Crippen LogP contribution in [-0.4, -0.2) is 33.5 Å². The number of aryl methyl sites for hydroxylation is 1. The summed E-state index contributed by atoms with van der Waals surface area (Å²) in [4.78, 5) is 24.5. The molecule has 0 bridgehead atoms. The average Bonchev–Trinajstić information content (AvgIpc) is 3.11. The van der Waals surface area contributed by atoms with Crippen LogP contribution in [0.3, 0.4) is 0 Å². The summed E-state index contributed by atoms with van der Waals surface area (Å²) in [5, 5.41) is 3.44. The van der Waals surface area contributed by atoms with Gasteiger partial charge in [-0.05, 0) is 36.8 Å². The van der Waals surface area contributed by atoms with Gasteiger partial charge < -0.3 is 10.1 Å². The fraction of sp³-hybridized carbons (Fsp3) is 0.200. The van der Waals surface area contributed by atoms with Crippen LogP contribution >= 0.6 is 11.6 Å². The van der Waals surface area contributed by atoms with Gasteiger partial charge in [-0.2, -0.15) is 0 Å². The van der Waals surface area contributed by atoms with E-state index in [2.05, 4.69) is 20.3 Å². The van der Waals surface area contributed by atoms with Crippen molar-refractivity contribution in [3.8, 4) is 16.9 Å². The molecule has 1 atom stereocenters. The highest BCUT2D eigenvalue weighted by atomic mass is 35.5. The Labute approximate surface area is 161 Å². The van der Waals surface area contributed by atoms with Crippen molar-refractivity contribution in [1.82, 2.24) is 20.3 Å². The third-order valence-electron chi connectivity index (χ3n) is 4.41. The second-order valence-electron chi connectivity index (χ2n) is 6.42. The monoisotopic (exact) mass is 380 g/mol. The lowest BCUT2D eigenvalue weighted by molar-refractivity contribution is 0.0933. The number of benzene rings is 1. The molecule has 1 aliphatic heterocycles. The molecule has 4 rings (SSSR count). The molecule has 0 radical (unpaired) electrons. The Kier molecular flexibility index (Phi) is 4.73. The highest BCUT2D eigenvalue weighted by molar-refractivity contribution is 6.32. The van der Waals surface area contributed by atoms with Gasteiger partial charge in [0.15, 0.2) is 0 Å². The molecule has 0 unspecified atom stereocenters. The first-order valence-corrected chi connectivity index (χ1v) is 8.93. The van der Waals surface area contributed by atoms with E-state index in [0.717, 1.165) is 22.4 Å². The number of amides is 1. The smallest absolute Gasteiger partial charge is 0.252 e. The molecule has 0 saturated heterocycles. The highest BCUT2D eigenvalue weighted by Gasteiger charge is 2.26. The van der Waals surface area contributed by atoms with E-state index in [0.29, 0.717) is 29.3 Å². The van der Waals surface area contributed by atoms with Crippen LogP contribution in [0.25, 0.3) is 11.1 Å². The molecule has 27 heavy (non-hydrogen) atoms. The number of carbonyl (C=O) groups excluding carboxylic acids is 1. The Balaban J connectivity index is 1.44. The number of hydrogen-bond donors (Lipinski definition) is 1. The molecule has 1 aromatic carbocycles. The molecule has 0 fully saturated rings. The molecule has 2 aromatic heterocycles. The van der Waals surface area contributed by atoms with Crippen LogP contribution < -0.4 is 10.1 Å². The second-order valence-corrected chi connectivity index (χ2v) is 6.82. The lowest BCUT2D eigenvalue weighted by atomic mass is 10.0. The van der Waals surface area contributed by atoms with Gasteiger partial charge in [0.25, 0.3) is 5.91 Å². The Hall–Kier alpha value is -2.99. The SMILES string of the molecule is Cc1ccc(C(=O)NC[C@@H]2Cc3cc(-c4cncnc4)cc(Cl)c3O2)cn1. The standard InChI is InChI=1S/C20H17ClN4O2/c1-12-2-3-13(9-24-12)20(26)25-10-17-5-15-4-14(6-18(21)19(15)27-17)16-7-22-11-23-8-16/h2-4,6-9,11,17H,5,10H2,1H3,(H,25,26)/t17-/m0/s1. The first-order chi connectivity index (χ1) is 13.1. The van der Waals surface area contributed by atoms with E-state index in [-0.39, 0.29) is 12.0 Å². The summed E-state index contributed by atoms with van der Waals surface area (Å²) in [7, 11) is 0.